The molecule has 3 aromatic rings. The Kier molecular flexibility index (Phi) is 6.60. The highest BCUT2D eigenvalue weighted by molar-refractivity contribution is 7.99. The second-order valence-electron chi connectivity index (χ2n) is 6.32. The highest BCUT2D eigenvalue weighted by Crippen LogP contribution is 2.26. The monoisotopic (exact) mass is 433 g/mol. The zero-order valence-corrected chi connectivity index (χ0v) is 17.8. The number of rotatable bonds is 7. The number of para-hydroxylation sites is 1. The number of carbonyl (C=O) groups is 2. The van der Waals surface area contributed by atoms with E-state index >= 15 is 0 Å². The molecule has 0 saturated heterocycles. The van der Waals surface area contributed by atoms with Gasteiger partial charge >= 0.3 is 0 Å². The molecule has 2 heterocycles. The Morgan fingerprint density at radius 1 is 1.28 bits per heavy atom. The Hall–Kier alpha value is -2.78. The van der Waals surface area contributed by atoms with Crippen molar-refractivity contribution in [1.29, 1.82) is 0 Å². The predicted molar refractivity (Wildman–Crippen MR) is 112 cm³/mol. The van der Waals surface area contributed by atoms with Gasteiger partial charge in [-0.25, -0.2) is 0 Å². The van der Waals surface area contributed by atoms with Crippen LogP contribution in [0.1, 0.15) is 5.76 Å². The van der Waals surface area contributed by atoms with Gasteiger partial charge in [-0.15, -0.1) is 10.2 Å². The number of hydrogen-bond acceptors (Lipinski definition) is 6. The molecule has 10 heteroatoms. The fourth-order valence-electron chi connectivity index (χ4n) is 2.58. The van der Waals surface area contributed by atoms with Crippen molar-refractivity contribution < 1.29 is 14.0 Å². The summed E-state index contributed by atoms with van der Waals surface area (Å²) >= 11 is 7.28. The van der Waals surface area contributed by atoms with Gasteiger partial charge in [0, 0.05) is 14.1 Å². The normalized spacial score (nSPS) is 10.8. The highest BCUT2D eigenvalue weighted by Gasteiger charge is 2.18. The molecule has 0 aliphatic heterocycles. The van der Waals surface area contributed by atoms with Crippen molar-refractivity contribution in [2.45, 2.75) is 12.1 Å². The Balaban J connectivity index is 1.54. The molecule has 1 N–H and O–H groups in total. The van der Waals surface area contributed by atoms with Crippen LogP contribution in [0.3, 0.4) is 0 Å². The van der Waals surface area contributed by atoms with Gasteiger partial charge in [0.1, 0.15) is 5.76 Å². The fraction of sp³-hybridized carbons (Fsp3) is 0.263. The Morgan fingerprint density at radius 3 is 2.72 bits per heavy atom. The lowest BCUT2D eigenvalue weighted by Crippen LogP contribution is -2.36. The standard InChI is InChI=1S/C19H20ClN5O3S/c1-12-13(8-9-28-12)18-22-23-19(25(18)3)29-11-17(27)24(2)10-16(26)21-15-7-5-4-6-14(15)20/h4-9H,10-11H2,1-3H3,(H,21,26). The number of aromatic nitrogens is 3. The van der Waals surface area contributed by atoms with E-state index in [1.165, 1.54) is 16.7 Å². The van der Waals surface area contributed by atoms with Crippen molar-refractivity contribution in [3.63, 3.8) is 0 Å². The number of benzene rings is 1. The fourth-order valence-corrected chi connectivity index (χ4v) is 3.62. The summed E-state index contributed by atoms with van der Waals surface area (Å²) in [6.07, 6.45) is 1.60. The van der Waals surface area contributed by atoms with Crippen molar-refractivity contribution in [2.24, 2.45) is 7.05 Å². The SMILES string of the molecule is Cc1occc1-c1nnc(SCC(=O)N(C)CC(=O)Nc2ccccc2Cl)n1C. The van der Waals surface area contributed by atoms with Gasteiger partial charge in [-0.2, -0.15) is 0 Å². The number of carbonyl (C=O) groups excluding carboxylic acids is 2. The molecule has 0 atom stereocenters. The predicted octanol–water partition coefficient (Wildman–Crippen LogP) is 3.23. The lowest BCUT2D eigenvalue weighted by atomic mass is 10.2. The van der Waals surface area contributed by atoms with Gasteiger partial charge in [-0.1, -0.05) is 35.5 Å². The Labute approximate surface area is 177 Å². The van der Waals surface area contributed by atoms with E-state index in [-0.39, 0.29) is 24.1 Å². The molecule has 2 amide bonds. The second kappa shape index (κ2) is 9.15. The summed E-state index contributed by atoms with van der Waals surface area (Å²) in [7, 11) is 3.40. The van der Waals surface area contributed by atoms with E-state index in [4.69, 9.17) is 16.0 Å². The van der Waals surface area contributed by atoms with Crippen LogP contribution in [0, 0.1) is 6.92 Å². The summed E-state index contributed by atoms with van der Waals surface area (Å²) < 4.78 is 7.11. The number of nitrogens with zero attached hydrogens (tertiary/aromatic N) is 4. The van der Waals surface area contributed by atoms with Crippen molar-refractivity contribution in [3.05, 3.63) is 47.4 Å². The molecule has 8 nitrogen and oxygen atoms in total. The summed E-state index contributed by atoms with van der Waals surface area (Å²) in [6, 6.07) is 8.75. The highest BCUT2D eigenvalue weighted by atomic mass is 35.5. The molecular formula is C19H20ClN5O3S. The number of nitrogens with one attached hydrogen (secondary N) is 1. The van der Waals surface area contributed by atoms with E-state index in [0.29, 0.717) is 21.7 Å². The average Bonchev–Trinajstić information content (AvgIpc) is 3.26. The summed E-state index contributed by atoms with van der Waals surface area (Å²) in [4.78, 5) is 25.9. The lowest BCUT2D eigenvalue weighted by molar-refractivity contribution is -0.131. The molecule has 0 saturated carbocycles. The number of likely N-dealkylation sites (N-methyl/N-ethyl adjacent to an activating group) is 1. The second-order valence-corrected chi connectivity index (χ2v) is 7.67. The van der Waals surface area contributed by atoms with E-state index in [1.54, 1.807) is 42.1 Å². The van der Waals surface area contributed by atoms with Gasteiger partial charge in [0.15, 0.2) is 11.0 Å². The first-order valence-corrected chi connectivity index (χ1v) is 10.1. The number of amides is 2. The minimum Gasteiger partial charge on any atom is -0.469 e. The van der Waals surface area contributed by atoms with Gasteiger partial charge in [-0.3, -0.25) is 9.59 Å². The van der Waals surface area contributed by atoms with E-state index in [1.807, 2.05) is 20.0 Å². The largest absolute Gasteiger partial charge is 0.469 e. The van der Waals surface area contributed by atoms with Crippen LogP contribution < -0.4 is 5.32 Å². The molecule has 29 heavy (non-hydrogen) atoms. The molecule has 0 fully saturated rings. The lowest BCUT2D eigenvalue weighted by Gasteiger charge is -2.16. The molecule has 0 aliphatic rings. The number of furan rings is 1. The van der Waals surface area contributed by atoms with E-state index < -0.39 is 0 Å². The van der Waals surface area contributed by atoms with Crippen LogP contribution in [0.15, 0.2) is 46.2 Å². The maximum atomic E-state index is 12.4. The van der Waals surface area contributed by atoms with Crippen LogP contribution in [0.4, 0.5) is 5.69 Å². The molecule has 3 rings (SSSR count). The summed E-state index contributed by atoms with van der Waals surface area (Å²) in [6.45, 7) is 1.77. The third-order valence-corrected chi connectivity index (χ3v) is 5.55. The summed E-state index contributed by atoms with van der Waals surface area (Å²) in [5.41, 5.74) is 1.36. The number of thioether (sulfide) groups is 1. The van der Waals surface area contributed by atoms with Crippen LogP contribution in [0.2, 0.25) is 5.02 Å². The number of halogens is 1. The number of aryl methyl sites for hydroxylation is 1. The third-order valence-electron chi connectivity index (χ3n) is 4.21. The minimum absolute atomic E-state index is 0.0805. The minimum atomic E-state index is -0.324. The van der Waals surface area contributed by atoms with Crippen LogP contribution >= 0.6 is 23.4 Å². The van der Waals surface area contributed by atoms with Crippen molar-refractivity contribution in [2.75, 3.05) is 24.7 Å². The molecule has 1 aromatic carbocycles. The number of anilines is 1. The molecule has 2 aromatic heterocycles. The van der Waals surface area contributed by atoms with Gasteiger partial charge in [0.05, 0.1) is 34.8 Å². The van der Waals surface area contributed by atoms with Crippen LogP contribution in [0.25, 0.3) is 11.4 Å². The average molecular weight is 434 g/mol. The zero-order chi connectivity index (χ0) is 21.0. The maximum absolute atomic E-state index is 12.4. The van der Waals surface area contributed by atoms with Crippen molar-refractivity contribution in [3.8, 4) is 11.4 Å². The maximum Gasteiger partial charge on any atom is 0.244 e. The molecule has 0 aliphatic carbocycles. The topological polar surface area (TPSA) is 93.3 Å². The molecule has 0 bridgehead atoms. The molecule has 0 spiro atoms. The zero-order valence-electron chi connectivity index (χ0n) is 16.2. The molecule has 152 valence electrons. The summed E-state index contributed by atoms with van der Waals surface area (Å²) in [5, 5.41) is 12.1. The van der Waals surface area contributed by atoms with Crippen molar-refractivity contribution >= 4 is 40.9 Å². The smallest absolute Gasteiger partial charge is 0.244 e. The van der Waals surface area contributed by atoms with Crippen LogP contribution in [0.5, 0.6) is 0 Å². The first-order chi connectivity index (χ1) is 13.9. The molecule has 0 unspecified atom stereocenters. The van der Waals surface area contributed by atoms with Gasteiger partial charge < -0.3 is 19.2 Å². The van der Waals surface area contributed by atoms with Gasteiger partial charge in [0.2, 0.25) is 11.8 Å². The summed E-state index contributed by atoms with van der Waals surface area (Å²) in [5.74, 6) is 1.02. The molecular weight excluding hydrogens is 414 g/mol. The van der Waals surface area contributed by atoms with Crippen molar-refractivity contribution in [1.82, 2.24) is 19.7 Å². The van der Waals surface area contributed by atoms with Crippen LogP contribution in [-0.2, 0) is 16.6 Å². The van der Waals surface area contributed by atoms with Gasteiger partial charge in [0.25, 0.3) is 0 Å². The van der Waals surface area contributed by atoms with Gasteiger partial charge in [-0.05, 0) is 25.1 Å². The first kappa shape index (κ1) is 20.9. The van der Waals surface area contributed by atoms with E-state index in [9.17, 15) is 9.59 Å². The number of hydrogen-bond donors (Lipinski definition) is 1. The quantitative estimate of drug-likeness (QED) is 0.575. The van der Waals surface area contributed by atoms with E-state index in [2.05, 4.69) is 15.5 Å². The van der Waals surface area contributed by atoms with E-state index in [0.717, 1.165) is 11.3 Å². The van der Waals surface area contributed by atoms with Crippen LogP contribution in [-0.4, -0.2) is 50.8 Å². The third kappa shape index (κ3) is 4.99. The molecule has 0 radical (unpaired) electrons. The first-order valence-electron chi connectivity index (χ1n) is 8.72. The Bertz CT molecular complexity index is 1030. The Morgan fingerprint density at radius 2 is 2.03 bits per heavy atom.